The lowest BCUT2D eigenvalue weighted by Gasteiger charge is -2.32. The van der Waals surface area contributed by atoms with Crippen molar-refractivity contribution in [2.45, 2.75) is 19.9 Å². The Labute approximate surface area is 108 Å². The SMILES string of the molecule is CC1=C(C=O)C2CC1CN(Cc1ccccc1)C2. The molecule has 1 aliphatic heterocycles. The minimum absolute atomic E-state index is 0.477. The van der Waals surface area contributed by atoms with E-state index in [1.807, 2.05) is 0 Å². The maximum atomic E-state index is 11.1. The van der Waals surface area contributed by atoms with Crippen LogP contribution in [0.25, 0.3) is 0 Å². The molecule has 2 atom stereocenters. The summed E-state index contributed by atoms with van der Waals surface area (Å²) in [6.07, 6.45) is 2.28. The zero-order valence-corrected chi connectivity index (χ0v) is 10.8. The molecule has 0 radical (unpaired) electrons. The van der Waals surface area contributed by atoms with E-state index in [-0.39, 0.29) is 0 Å². The van der Waals surface area contributed by atoms with Gasteiger partial charge in [0.15, 0.2) is 0 Å². The summed E-state index contributed by atoms with van der Waals surface area (Å²) in [4.78, 5) is 13.6. The van der Waals surface area contributed by atoms with Crippen LogP contribution in [0, 0.1) is 11.8 Å². The number of aldehydes is 1. The molecule has 1 saturated heterocycles. The number of piperidine rings is 1. The number of nitrogens with zero attached hydrogens (tertiary/aromatic N) is 1. The molecule has 18 heavy (non-hydrogen) atoms. The quantitative estimate of drug-likeness (QED) is 0.758. The third-order valence-electron chi connectivity index (χ3n) is 4.41. The van der Waals surface area contributed by atoms with Gasteiger partial charge in [-0.25, -0.2) is 0 Å². The van der Waals surface area contributed by atoms with Crippen LogP contribution in [0.15, 0.2) is 41.5 Å². The van der Waals surface area contributed by atoms with E-state index < -0.39 is 0 Å². The first-order chi connectivity index (χ1) is 8.78. The Kier molecular flexibility index (Phi) is 3.04. The van der Waals surface area contributed by atoms with Crippen LogP contribution in [0.3, 0.4) is 0 Å². The maximum absolute atomic E-state index is 11.1. The Morgan fingerprint density at radius 1 is 1.22 bits per heavy atom. The van der Waals surface area contributed by atoms with Crippen LogP contribution in [0.4, 0.5) is 0 Å². The second-order valence-corrected chi connectivity index (χ2v) is 5.57. The Morgan fingerprint density at radius 3 is 2.67 bits per heavy atom. The first-order valence-electron chi connectivity index (χ1n) is 6.70. The van der Waals surface area contributed by atoms with E-state index in [1.54, 1.807) is 0 Å². The van der Waals surface area contributed by atoms with Crippen LogP contribution in [0.2, 0.25) is 0 Å². The summed E-state index contributed by atoms with van der Waals surface area (Å²) >= 11 is 0. The average molecular weight is 241 g/mol. The third-order valence-corrected chi connectivity index (χ3v) is 4.41. The number of carbonyl (C=O) groups is 1. The van der Waals surface area contributed by atoms with E-state index in [9.17, 15) is 4.79 Å². The van der Waals surface area contributed by atoms with E-state index in [2.05, 4.69) is 42.2 Å². The molecule has 1 aliphatic carbocycles. The number of hydrogen-bond acceptors (Lipinski definition) is 2. The van der Waals surface area contributed by atoms with Crippen molar-refractivity contribution in [1.29, 1.82) is 0 Å². The number of carbonyl (C=O) groups excluding carboxylic acids is 1. The minimum Gasteiger partial charge on any atom is -0.298 e. The number of benzene rings is 1. The molecule has 2 aliphatic rings. The standard InChI is InChI=1S/C16H19NO/c1-12-14-7-15(16(12)11-18)10-17(9-14)8-13-5-3-2-4-6-13/h2-6,11,14-15H,7-10H2,1H3. The molecule has 0 N–H and O–H groups in total. The van der Waals surface area contributed by atoms with Gasteiger partial charge >= 0.3 is 0 Å². The normalized spacial score (nSPS) is 27.6. The Hall–Kier alpha value is -1.41. The summed E-state index contributed by atoms with van der Waals surface area (Å²) in [6, 6.07) is 10.6. The fourth-order valence-electron chi connectivity index (χ4n) is 3.45. The highest BCUT2D eigenvalue weighted by molar-refractivity contribution is 5.76. The molecule has 3 rings (SSSR count). The van der Waals surface area contributed by atoms with E-state index in [0.29, 0.717) is 11.8 Å². The summed E-state index contributed by atoms with van der Waals surface area (Å²) in [5.41, 5.74) is 3.78. The second-order valence-electron chi connectivity index (χ2n) is 5.57. The highest BCUT2D eigenvalue weighted by atomic mass is 16.1. The van der Waals surface area contributed by atoms with Crippen molar-refractivity contribution in [1.82, 2.24) is 4.90 Å². The molecule has 94 valence electrons. The monoisotopic (exact) mass is 241 g/mol. The van der Waals surface area contributed by atoms with Crippen molar-refractivity contribution < 1.29 is 4.79 Å². The molecule has 0 saturated carbocycles. The summed E-state index contributed by atoms with van der Waals surface area (Å²) in [5.74, 6) is 1.08. The molecule has 2 nitrogen and oxygen atoms in total. The average Bonchev–Trinajstić information content (AvgIpc) is 2.61. The van der Waals surface area contributed by atoms with Gasteiger partial charge in [0.05, 0.1) is 0 Å². The largest absolute Gasteiger partial charge is 0.298 e. The van der Waals surface area contributed by atoms with Crippen molar-refractivity contribution in [3.63, 3.8) is 0 Å². The molecule has 0 spiro atoms. The first kappa shape index (κ1) is 11.7. The highest BCUT2D eigenvalue weighted by Gasteiger charge is 2.37. The number of hydrogen-bond donors (Lipinski definition) is 0. The molecular formula is C16H19NO. The van der Waals surface area contributed by atoms with Crippen LogP contribution in [-0.4, -0.2) is 24.3 Å². The number of rotatable bonds is 3. The van der Waals surface area contributed by atoms with Crippen LogP contribution in [-0.2, 0) is 11.3 Å². The Balaban J connectivity index is 1.72. The number of likely N-dealkylation sites (tertiary alicyclic amines) is 1. The molecule has 1 aromatic rings. The van der Waals surface area contributed by atoms with Crippen molar-refractivity contribution >= 4 is 6.29 Å². The van der Waals surface area contributed by atoms with Gasteiger partial charge in [-0.2, -0.15) is 0 Å². The van der Waals surface area contributed by atoms with Gasteiger partial charge in [-0.1, -0.05) is 35.9 Å². The predicted octanol–water partition coefficient (Wildman–Crippen LogP) is 2.65. The Morgan fingerprint density at radius 2 is 1.94 bits per heavy atom. The van der Waals surface area contributed by atoms with Crippen LogP contribution in [0.5, 0.6) is 0 Å². The van der Waals surface area contributed by atoms with E-state index in [4.69, 9.17) is 0 Å². The van der Waals surface area contributed by atoms with Crippen LogP contribution < -0.4 is 0 Å². The molecule has 2 unspecified atom stereocenters. The van der Waals surface area contributed by atoms with Gasteiger partial charge in [-0.15, -0.1) is 0 Å². The van der Waals surface area contributed by atoms with Gasteiger partial charge in [0.25, 0.3) is 0 Å². The van der Waals surface area contributed by atoms with Gasteiger partial charge in [-0.05, 0) is 30.4 Å². The molecule has 2 heteroatoms. The lowest BCUT2D eigenvalue weighted by molar-refractivity contribution is -0.105. The predicted molar refractivity (Wildman–Crippen MR) is 72.1 cm³/mol. The van der Waals surface area contributed by atoms with E-state index >= 15 is 0 Å². The lowest BCUT2D eigenvalue weighted by atomic mass is 9.93. The fraction of sp³-hybridized carbons (Fsp3) is 0.438. The number of fused-ring (bicyclic) bond motifs is 2. The van der Waals surface area contributed by atoms with Gasteiger partial charge in [0.1, 0.15) is 6.29 Å². The third kappa shape index (κ3) is 2.01. The summed E-state index contributed by atoms with van der Waals surface area (Å²) < 4.78 is 0. The minimum atomic E-state index is 0.477. The highest BCUT2D eigenvalue weighted by Crippen LogP contribution is 2.40. The fourth-order valence-corrected chi connectivity index (χ4v) is 3.45. The van der Waals surface area contributed by atoms with Gasteiger partial charge < -0.3 is 0 Å². The van der Waals surface area contributed by atoms with Crippen molar-refractivity contribution in [2.24, 2.45) is 11.8 Å². The molecule has 1 heterocycles. The van der Waals surface area contributed by atoms with Crippen LogP contribution in [0.1, 0.15) is 18.9 Å². The summed E-state index contributed by atoms with van der Waals surface area (Å²) in [5, 5.41) is 0. The topological polar surface area (TPSA) is 20.3 Å². The zero-order valence-electron chi connectivity index (χ0n) is 10.8. The van der Waals surface area contributed by atoms with Crippen LogP contribution >= 0.6 is 0 Å². The zero-order chi connectivity index (χ0) is 12.5. The van der Waals surface area contributed by atoms with E-state index in [0.717, 1.165) is 31.5 Å². The molecule has 1 fully saturated rings. The molecular weight excluding hydrogens is 222 g/mol. The van der Waals surface area contributed by atoms with Gasteiger partial charge in [0, 0.05) is 25.6 Å². The lowest BCUT2D eigenvalue weighted by Crippen LogP contribution is -2.37. The Bertz CT molecular complexity index is 477. The summed E-state index contributed by atoms with van der Waals surface area (Å²) in [6.45, 7) is 5.29. The molecule has 1 aromatic carbocycles. The van der Waals surface area contributed by atoms with Crippen molar-refractivity contribution in [3.05, 3.63) is 47.0 Å². The summed E-state index contributed by atoms with van der Waals surface area (Å²) in [7, 11) is 0. The molecule has 0 amide bonds. The van der Waals surface area contributed by atoms with Crippen molar-refractivity contribution in [2.75, 3.05) is 13.1 Å². The first-order valence-corrected chi connectivity index (χ1v) is 6.70. The van der Waals surface area contributed by atoms with Gasteiger partial charge in [-0.3, -0.25) is 9.69 Å². The van der Waals surface area contributed by atoms with E-state index in [1.165, 1.54) is 17.6 Å². The maximum Gasteiger partial charge on any atom is 0.146 e. The smallest absolute Gasteiger partial charge is 0.146 e. The van der Waals surface area contributed by atoms with Crippen molar-refractivity contribution in [3.8, 4) is 0 Å². The molecule has 2 bridgehead atoms. The molecule has 0 aromatic heterocycles. The second kappa shape index (κ2) is 4.69. The van der Waals surface area contributed by atoms with Gasteiger partial charge in [0.2, 0.25) is 0 Å².